The maximum atomic E-state index is 12.8. The topological polar surface area (TPSA) is 222 Å². The smallest absolute Gasteiger partial charge is 0.326 e. The first-order valence-electron chi connectivity index (χ1n) is 10.0. The van der Waals surface area contributed by atoms with Crippen LogP contribution in [0.3, 0.4) is 0 Å². The van der Waals surface area contributed by atoms with Crippen molar-refractivity contribution >= 4 is 34.6 Å². The predicted octanol–water partition coefficient (Wildman–Crippen LogP) is -1.86. The second-order valence-corrected chi connectivity index (χ2v) is 7.26. The first-order chi connectivity index (χ1) is 15.2. The van der Waals surface area contributed by atoms with E-state index in [2.05, 4.69) is 20.6 Å². The fourth-order valence-corrected chi connectivity index (χ4v) is 3.13. The molecule has 0 radical (unpaired) electrons. The summed E-state index contributed by atoms with van der Waals surface area (Å²) in [6, 6.07) is 3.87. The van der Waals surface area contributed by atoms with Gasteiger partial charge in [-0.25, -0.2) is 4.79 Å². The summed E-state index contributed by atoms with van der Waals surface area (Å²) in [6.07, 6.45) is 2.20. The van der Waals surface area contributed by atoms with Crippen LogP contribution < -0.4 is 27.8 Å². The van der Waals surface area contributed by atoms with Crippen molar-refractivity contribution in [2.24, 2.45) is 22.2 Å². The molecular weight excluding hydrogens is 418 g/mol. The number of hydrogen-bond acceptors (Lipinski definition) is 6. The van der Waals surface area contributed by atoms with E-state index in [-0.39, 0.29) is 25.3 Å². The number of carboxylic acids is 1. The minimum atomic E-state index is -1.23. The van der Waals surface area contributed by atoms with Crippen LogP contribution in [0, 0.1) is 0 Å². The molecular formula is C20H29N7O5. The van der Waals surface area contributed by atoms with Gasteiger partial charge >= 0.3 is 5.97 Å². The van der Waals surface area contributed by atoms with Crippen molar-refractivity contribution in [3.63, 3.8) is 0 Å². The summed E-state index contributed by atoms with van der Waals surface area (Å²) in [4.78, 5) is 43.6. The number of aliphatic hydroxyl groups is 1. The SMILES string of the molecule is NC(N)=NCCCC(NC(=O)C(N)CO)C(=O)NC(Cc1c[nH]c2ccccc12)C(=O)O. The fraction of sp³-hybridized carbons (Fsp3) is 0.400. The fourth-order valence-electron chi connectivity index (χ4n) is 3.13. The molecule has 12 heteroatoms. The Kier molecular flexibility index (Phi) is 8.98. The third-order valence-electron chi connectivity index (χ3n) is 4.83. The van der Waals surface area contributed by atoms with Gasteiger partial charge in [0.25, 0.3) is 0 Å². The Morgan fingerprint density at radius 1 is 1.09 bits per heavy atom. The van der Waals surface area contributed by atoms with Crippen LogP contribution >= 0.6 is 0 Å². The number of H-pyrrole nitrogens is 1. The van der Waals surface area contributed by atoms with Gasteiger partial charge in [-0.2, -0.15) is 0 Å². The molecule has 1 heterocycles. The highest BCUT2D eigenvalue weighted by atomic mass is 16.4. The largest absolute Gasteiger partial charge is 0.480 e. The Labute approximate surface area is 184 Å². The van der Waals surface area contributed by atoms with Crippen molar-refractivity contribution in [2.45, 2.75) is 37.4 Å². The lowest BCUT2D eigenvalue weighted by molar-refractivity contribution is -0.142. The molecule has 0 aliphatic carbocycles. The van der Waals surface area contributed by atoms with Gasteiger partial charge in [-0.05, 0) is 24.5 Å². The van der Waals surface area contributed by atoms with E-state index in [0.29, 0.717) is 6.42 Å². The molecule has 2 amide bonds. The molecule has 0 fully saturated rings. The number of carbonyl (C=O) groups is 3. The number of nitrogens with two attached hydrogens (primary N) is 3. The average molecular weight is 447 g/mol. The van der Waals surface area contributed by atoms with Crippen molar-refractivity contribution in [1.29, 1.82) is 0 Å². The highest BCUT2D eigenvalue weighted by Crippen LogP contribution is 2.19. The normalized spacial score (nSPS) is 13.7. The molecule has 11 N–H and O–H groups in total. The number of guanidine groups is 1. The third-order valence-corrected chi connectivity index (χ3v) is 4.83. The number of nitrogens with zero attached hydrogens (tertiary/aromatic N) is 1. The van der Waals surface area contributed by atoms with Gasteiger partial charge in [0.05, 0.1) is 6.61 Å². The number of fused-ring (bicyclic) bond motifs is 1. The Bertz CT molecular complexity index is 970. The number of aromatic nitrogens is 1. The Balaban J connectivity index is 2.12. The van der Waals surface area contributed by atoms with Crippen LogP contribution in [0.25, 0.3) is 10.9 Å². The number of carbonyl (C=O) groups excluding carboxylic acids is 2. The molecule has 3 atom stereocenters. The number of rotatable bonds is 12. The number of benzene rings is 1. The van der Waals surface area contributed by atoms with Crippen LogP contribution in [0.2, 0.25) is 0 Å². The van der Waals surface area contributed by atoms with Gasteiger partial charge in [0.15, 0.2) is 5.96 Å². The lowest BCUT2D eigenvalue weighted by atomic mass is 10.0. The van der Waals surface area contributed by atoms with E-state index in [1.807, 2.05) is 24.3 Å². The molecule has 1 aromatic carbocycles. The minimum Gasteiger partial charge on any atom is -0.480 e. The second kappa shape index (κ2) is 11.7. The third kappa shape index (κ3) is 6.96. The maximum absolute atomic E-state index is 12.8. The summed E-state index contributed by atoms with van der Waals surface area (Å²) in [5.41, 5.74) is 17.6. The summed E-state index contributed by atoms with van der Waals surface area (Å²) in [5, 5.41) is 24.5. The molecule has 0 spiro atoms. The van der Waals surface area contributed by atoms with Gasteiger partial charge in [-0.3, -0.25) is 14.6 Å². The zero-order valence-corrected chi connectivity index (χ0v) is 17.5. The molecule has 1 aromatic heterocycles. The van der Waals surface area contributed by atoms with Crippen LogP contribution in [-0.2, 0) is 20.8 Å². The first-order valence-corrected chi connectivity index (χ1v) is 10.0. The summed E-state index contributed by atoms with van der Waals surface area (Å²) < 4.78 is 0. The van der Waals surface area contributed by atoms with E-state index < -0.39 is 42.5 Å². The molecule has 0 aliphatic heterocycles. The van der Waals surface area contributed by atoms with Crippen LogP contribution in [-0.4, -0.2) is 70.2 Å². The van der Waals surface area contributed by atoms with Crippen molar-refractivity contribution in [3.8, 4) is 0 Å². The van der Waals surface area contributed by atoms with Crippen LogP contribution in [0.1, 0.15) is 18.4 Å². The van der Waals surface area contributed by atoms with Gasteiger partial charge in [0.1, 0.15) is 18.1 Å². The van der Waals surface area contributed by atoms with E-state index >= 15 is 0 Å². The monoisotopic (exact) mass is 447 g/mol. The van der Waals surface area contributed by atoms with E-state index in [0.717, 1.165) is 16.5 Å². The minimum absolute atomic E-state index is 0.0376. The van der Waals surface area contributed by atoms with E-state index in [4.69, 9.17) is 22.3 Å². The van der Waals surface area contributed by atoms with Gasteiger partial charge in [0, 0.05) is 30.1 Å². The molecule has 0 saturated heterocycles. The molecule has 2 aromatic rings. The zero-order chi connectivity index (χ0) is 23.7. The van der Waals surface area contributed by atoms with Crippen molar-refractivity contribution in [2.75, 3.05) is 13.2 Å². The van der Waals surface area contributed by atoms with Gasteiger partial charge in [-0.1, -0.05) is 18.2 Å². The molecule has 174 valence electrons. The molecule has 2 rings (SSSR count). The van der Waals surface area contributed by atoms with Crippen molar-refractivity contribution in [1.82, 2.24) is 15.6 Å². The average Bonchev–Trinajstić information content (AvgIpc) is 3.17. The van der Waals surface area contributed by atoms with Gasteiger partial charge in [-0.15, -0.1) is 0 Å². The highest BCUT2D eigenvalue weighted by molar-refractivity contribution is 5.92. The Morgan fingerprint density at radius 3 is 2.44 bits per heavy atom. The number of aromatic amines is 1. The van der Waals surface area contributed by atoms with E-state index in [1.165, 1.54) is 0 Å². The van der Waals surface area contributed by atoms with Crippen LogP contribution in [0.15, 0.2) is 35.5 Å². The Hall–Kier alpha value is -3.64. The highest BCUT2D eigenvalue weighted by Gasteiger charge is 2.28. The molecule has 32 heavy (non-hydrogen) atoms. The maximum Gasteiger partial charge on any atom is 0.326 e. The van der Waals surface area contributed by atoms with Crippen molar-refractivity contribution < 1.29 is 24.6 Å². The number of aliphatic imine (C=N–C) groups is 1. The molecule has 0 aliphatic rings. The number of nitrogens with one attached hydrogen (secondary N) is 3. The number of aliphatic hydroxyl groups excluding tert-OH is 1. The van der Waals surface area contributed by atoms with E-state index in [9.17, 15) is 19.5 Å². The predicted molar refractivity (Wildman–Crippen MR) is 118 cm³/mol. The quantitative estimate of drug-likeness (QED) is 0.104. The van der Waals surface area contributed by atoms with Crippen LogP contribution in [0.4, 0.5) is 0 Å². The second-order valence-electron chi connectivity index (χ2n) is 7.26. The van der Waals surface area contributed by atoms with E-state index in [1.54, 1.807) is 6.20 Å². The summed E-state index contributed by atoms with van der Waals surface area (Å²) in [6.45, 7) is -0.391. The lowest BCUT2D eigenvalue weighted by Gasteiger charge is -2.22. The number of amides is 2. The number of carboxylic acid groups (broad SMARTS) is 1. The summed E-state index contributed by atoms with van der Waals surface area (Å²) in [5.74, 6) is -2.76. The molecule has 12 nitrogen and oxygen atoms in total. The summed E-state index contributed by atoms with van der Waals surface area (Å²) >= 11 is 0. The molecule has 3 unspecified atom stereocenters. The summed E-state index contributed by atoms with van der Waals surface area (Å²) in [7, 11) is 0. The van der Waals surface area contributed by atoms with Crippen molar-refractivity contribution in [3.05, 3.63) is 36.0 Å². The first kappa shape index (κ1) is 24.6. The standard InChI is InChI=1S/C20H29N7O5/c21-13(10-28)17(29)26-15(6-3-7-24-20(22)23)18(30)27-16(19(31)32)8-11-9-25-14-5-2-1-4-12(11)14/h1-2,4-5,9,13,15-16,25,28H,3,6-8,10,21H2,(H,26,29)(H,27,30)(H,31,32)(H4,22,23,24). The molecule has 0 bridgehead atoms. The lowest BCUT2D eigenvalue weighted by Crippen LogP contribution is -2.55. The number of para-hydroxylation sites is 1. The molecule has 0 saturated carbocycles. The van der Waals surface area contributed by atoms with Crippen LogP contribution in [0.5, 0.6) is 0 Å². The van der Waals surface area contributed by atoms with Gasteiger partial charge in [0.2, 0.25) is 11.8 Å². The Morgan fingerprint density at radius 2 is 1.78 bits per heavy atom. The zero-order valence-electron chi connectivity index (χ0n) is 17.5. The van der Waals surface area contributed by atoms with Gasteiger partial charge < -0.3 is 43.0 Å². The number of aliphatic carboxylic acids is 1. The number of hydrogen-bond donors (Lipinski definition) is 8.